The molecule has 0 aliphatic heterocycles. The monoisotopic (exact) mass is 242 g/mol. The molecule has 1 aromatic heterocycles. The molecule has 2 aromatic carbocycles. The van der Waals surface area contributed by atoms with Crippen molar-refractivity contribution >= 4 is 31.5 Å². The minimum Gasteiger partial charge on any atom is -0.135 e. The van der Waals surface area contributed by atoms with E-state index in [9.17, 15) is 0 Å². The first-order valence-electron chi connectivity index (χ1n) is 6.81. The fourth-order valence-electron chi connectivity index (χ4n) is 2.29. The summed E-state index contributed by atoms with van der Waals surface area (Å²) in [4.78, 5) is 0. The van der Waals surface area contributed by atoms with E-state index in [1.807, 2.05) is 12.1 Å². The number of hydrogen-bond acceptors (Lipinski definition) is 1. The maximum absolute atomic E-state index is 7.86. The van der Waals surface area contributed by atoms with Crippen LogP contribution in [0.5, 0.6) is 0 Å². The van der Waals surface area contributed by atoms with Crippen LogP contribution >= 0.6 is 11.3 Å². The van der Waals surface area contributed by atoms with Crippen molar-refractivity contribution in [3.8, 4) is 0 Å². The van der Waals surface area contributed by atoms with E-state index in [1.54, 1.807) is 11.3 Å². The minimum atomic E-state index is 0.0787. The van der Waals surface area contributed by atoms with Crippen LogP contribution in [0.3, 0.4) is 0 Å². The predicted octanol–water partition coefficient (Wildman–Crippen LogP) is 5.35. The zero-order valence-electron chi connectivity index (χ0n) is 12.3. The summed E-state index contributed by atoms with van der Waals surface area (Å²) in [6.45, 7) is 6.64. The first kappa shape index (κ1) is 8.71. The Hall–Kier alpha value is -1.34. The third-order valence-corrected chi connectivity index (χ3v) is 4.21. The number of fused-ring (bicyclic) bond motifs is 3. The highest BCUT2D eigenvalue weighted by Crippen LogP contribution is 2.39. The van der Waals surface area contributed by atoms with E-state index >= 15 is 0 Å². The van der Waals surface area contributed by atoms with Gasteiger partial charge in [0.2, 0.25) is 0 Å². The van der Waals surface area contributed by atoms with Crippen LogP contribution in [0.2, 0.25) is 0 Å². The largest absolute Gasteiger partial charge is 0.135 e. The number of rotatable bonds is 0. The Bertz CT molecular complexity index is 779. The Kier molecular flexibility index (Phi) is 1.83. The molecular formula is C16H16S. The summed E-state index contributed by atoms with van der Waals surface area (Å²) in [5, 5.41) is 2.37. The summed E-state index contributed by atoms with van der Waals surface area (Å²) in [7, 11) is 0. The fourth-order valence-corrected chi connectivity index (χ4v) is 3.38. The van der Waals surface area contributed by atoms with E-state index in [1.165, 1.54) is 15.6 Å². The van der Waals surface area contributed by atoms with Gasteiger partial charge in [0, 0.05) is 20.2 Å². The Morgan fingerprint density at radius 1 is 1.00 bits per heavy atom. The molecule has 1 heterocycles. The van der Waals surface area contributed by atoms with Crippen molar-refractivity contribution in [1.82, 2.24) is 0 Å². The average molecular weight is 242 g/mol. The van der Waals surface area contributed by atoms with Gasteiger partial charge in [0.1, 0.15) is 0 Å². The van der Waals surface area contributed by atoms with E-state index in [-0.39, 0.29) is 5.41 Å². The van der Waals surface area contributed by atoms with Crippen LogP contribution in [-0.2, 0) is 5.41 Å². The SMILES string of the molecule is [2H]c1cc2sc3cccc(C(C)(C)C)c3c2cc1[2H]. The molecule has 0 aliphatic rings. The third-order valence-electron chi connectivity index (χ3n) is 3.09. The Morgan fingerprint density at radius 2 is 1.76 bits per heavy atom. The van der Waals surface area contributed by atoms with Gasteiger partial charge in [-0.15, -0.1) is 11.3 Å². The van der Waals surface area contributed by atoms with Gasteiger partial charge >= 0.3 is 0 Å². The molecule has 86 valence electrons. The van der Waals surface area contributed by atoms with E-state index in [0.717, 1.165) is 10.1 Å². The van der Waals surface area contributed by atoms with Crippen LogP contribution in [0.1, 0.15) is 29.1 Å². The summed E-state index contributed by atoms with van der Waals surface area (Å²) in [5.41, 5.74) is 1.39. The summed E-state index contributed by atoms with van der Waals surface area (Å²) >= 11 is 1.71. The van der Waals surface area contributed by atoms with Crippen molar-refractivity contribution in [2.45, 2.75) is 26.2 Å². The lowest BCUT2D eigenvalue weighted by atomic mass is 9.84. The molecule has 0 amide bonds. The molecule has 0 unspecified atom stereocenters. The standard InChI is InChI=1S/C16H16S/c1-16(2,3)12-8-6-10-14-15(12)11-7-4-5-9-13(11)17-14/h4-10H,1-3H3/i4D,5D. The number of benzene rings is 2. The van der Waals surface area contributed by atoms with E-state index in [2.05, 4.69) is 39.0 Å². The molecule has 0 spiro atoms. The quantitative estimate of drug-likeness (QED) is 0.498. The molecule has 0 nitrogen and oxygen atoms in total. The van der Waals surface area contributed by atoms with Gasteiger partial charge in [0.25, 0.3) is 0 Å². The molecule has 17 heavy (non-hydrogen) atoms. The summed E-state index contributed by atoms with van der Waals surface area (Å²) in [5.74, 6) is 0. The highest BCUT2D eigenvalue weighted by atomic mass is 32.1. The van der Waals surface area contributed by atoms with Gasteiger partial charge in [-0.25, -0.2) is 0 Å². The first-order valence-corrected chi connectivity index (χ1v) is 6.62. The summed E-state index contributed by atoms with van der Waals surface area (Å²) < 4.78 is 18.0. The van der Waals surface area contributed by atoms with E-state index < -0.39 is 0 Å². The van der Waals surface area contributed by atoms with E-state index in [4.69, 9.17) is 2.74 Å². The zero-order valence-corrected chi connectivity index (χ0v) is 11.1. The molecule has 0 aliphatic carbocycles. The van der Waals surface area contributed by atoms with Gasteiger partial charge in [-0.1, -0.05) is 51.1 Å². The fraction of sp³-hybridized carbons (Fsp3) is 0.250. The Labute approximate surface area is 109 Å². The van der Waals surface area contributed by atoms with Crippen LogP contribution in [0, 0.1) is 0 Å². The van der Waals surface area contributed by atoms with Crippen molar-refractivity contribution in [3.05, 3.63) is 48.0 Å². The summed E-state index contributed by atoms with van der Waals surface area (Å²) in [6, 6.07) is 10.7. The smallest absolute Gasteiger partial charge is 0.0623 e. The summed E-state index contributed by atoms with van der Waals surface area (Å²) in [6.07, 6.45) is 0. The van der Waals surface area contributed by atoms with Crippen LogP contribution in [0.4, 0.5) is 0 Å². The molecule has 0 fully saturated rings. The maximum Gasteiger partial charge on any atom is 0.0623 e. The van der Waals surface area contributed by atoms with Gasteiger partial charge in [0.05, 0.1) is 2.74 Å². The molecule has 0 saturated carbocycles. The molecule has 3 aromatic rings. The number of thiophene rings is 1. The van der Waals surface area contributed by atoms with Crippen LogP contribution in [-0.4, -0.2) is 0 Å². The maximum atomic E-state index is 7.86. The number of hydrogen-bond donors (Lipinski definition) is 0. The van der Waals surface area contributed by atoms with Crippen molar-refractivity contribution < 1.29 is 2.74 Å². The molecule has 0 radical (unpaired) electrons. The first-order chi connectivity index (χ1) is 8.88. The highest BCUT2D eigenvalue weighted by molar-refractivity contribution is 7.25. The Morgan fingerprint density at radius 3 is 2.53 bits per heavy atom. The van der Waals surface area contributed by atoms with Crippen LogP contribution in [0.25, 0.3) is 20.2 Å². The lowest BCUT2D eigenvalue weighted by molar-refractivity contribution is 0.596. The second kappa shape index (κ2) is 3.58. The van der Waals surface area contributed by atoms with Crippen LogP contribution < -0.4 is 0 Å². The minimum absolute atomic E-state index is 0.0787. The predicted molar refractivity (Wildman–Crippen MR) is 78.0 cm³/mol. The normalized spacial score (nSPS) is 14.1. The van der Waals surface area contributed by atoms with Gasteiger partial charge in [0.15, 0.2) is 0 Å². The molecule has 0 bridgehead atoms. The van der Waals surface area contributed by atoms with E-state index in [0.29, 0.717) is 12.1 Å². The zero-order chi connectivity index (χ0) is 13.8. The second-order valence-corrected chi connectivity index (χ2v) is 6.47. The molecule has 3 rings (SSSR count). The van der Waals surface area contributed by atoms with Crippen molar-refractivity contribution in [1.29, 1.82) is 0 Å². The molecule has 0 saturated heterocycles. The lowest BCUT2D eigenvalue weighted by Gasteiger charge is -2.20. The van der Waals surface area contributed by atoms with Gasteiger partial charge < -0.3 is 0 Å². The highest BCUT2D eigenvalue weighted by Gasteiger charge is 2.18. The van der Waals surface area contributed by atoms with Crippen molar-refractivity contribution in [2.24, 2.45) is 0 Å². The lowest BCUT2D eigenvalue weighted by Crippen LogP contribution is -2.11. The molecule has 1 heteroatoms. The van der Waals surface area contributed by atoms with Crippen molar-refractivity contribution in [2.75, 3.05) is 0 Å². The topological polar surface area (TPSA) is 0 Å². The average Bonchev–Trinajstić information content (AvgIpc) is 2.66. The van der Waals surface area contributed by atoms with Gasteiger partial charge in [-0.05, 0) is 23.1 Å². The Balaban J connectivity index is 2.51. The van der Waals surface area contributed by atoms with Crippen molar-refractivity contribution in [3.63, 3.8) is 0 Å². The molecule has 0 atom stereocenters. The molecular weight excluding hydrogens is 224 g/mol. The second-order valence-electron chi connectivity index (χ2n) is 5.39. The van der Waals surface area contributed by atoms with Gasteiger partial charge in [-0.3, -0.25) is 0 Å². The third kappa shape index (κ3) is 1.66. The molecule has 0 N–H and O–H groups in total. The van der Waals surface area contributed by atoms with Crippen LogP contribution in [0.15, 0.2) is 42.4 Å². The van der Waals surface area contributed by atoms with Gasteiger partial charge in [-0.2, -0.15) is 0 Å².